The van der Waals surface area contributed by atoms with Crippen LogP contribution >= 0.6 is 11.6 Å². The lowest BCUT2D eigenvalue weighted by atomic mass is 10.2. The standard InChI is InChI=1S/C13H17ClN2O2S/c1-19(17,18)10-7-15-6-9-16-8-5-11-3-2-4-12(14)13(11)16/h2-5,8,15H,6-7,9-10H2,1H3. The Morgan fingerprint density at radius 3 is 2.79 bits per heavy atom. The number of aromatic nitrogens is 1. The van der Waals surface area contributed by atoms with E-state index >= 15 is 0 Å². The highest BCUT2D eigenvalue weighted by molar-refractivity contribution is 7.90. The van der Waals surface area contributed by atoms with Gasteiger partial charge in [0.2, 0.25) is 0 Å². The average Bonchev–Trinajstić information content (AvgIpc) is 2.72. The normalized spacial score (nSPS) is 12.1. The van der Waals surface area contributed by atoms with Gasteiger partial charge in [-0.3, -0.25) is 0 Å². The summed E-state index contributed by atoms with van der Waals surface area (Å²) < 4.78 is 24.0. The van der Waals surface area contributed by atoms with Gasteiger partial charge >= 0.3 is 0 Å². The van der Waals surface area contributed by atoms with Crippen molar-refractivity contribution in [3.8, 4) is 0 Å². The molecule has 0 atom stereocenters. The van der Waals surface area contributed by atoms with Gasteiger partial charge in [-0.1, -0.05) is 23.7 Å². The van der Waals surface area contributed by atoms with Crippen molar-refractivity contribution in [3.05, 3.63) is 35.5 Å². The third kappa shape index (κ3) is 3.96. The molecule has 2 rings (SSSR count). The van der Waals surface area contributed by atoms with E-state index < -0.39 is 9.84 Å². The van der Waals surface area contributed by atoms with Gasteiger partial charge < -0.3 is 9.88 Å². The van der Waals surface area contributed by atoms with Crippen LogP contribution in [0.15, 0.2) is 30.5 Å². The van der Waals surface area contributed by atoms with Crippen LogP contribution in [0, 0.1) is 0 Å². The van der Waals surface area contributed by atoms with E-state index in [1.165, 1.54) is 6.26 Å². The van der Waals surface area contributed by atoms with Crippen LogP contribution < -0.4 is 5.32 Å². The second-order valence-corrected chi connectivity index (χ2v) is 7.23. The molecular weight excluding hydrogens is 284 g/mol. The van der Waals surface area contributed by atoms with Crippen molar-refractivity contribution in [3.63, 3.8) is 0 Å². The largest absolute Gasteiger partial charge is 0.345 e. The number of nitrogens with one attached hydrogen (secondary N) is 1. The van der Waals surface area contributed by atoms with Crippen LogP contribution in [0.25, 0.3) is 10.9 Å². The van der Waals surface area contributed by atoms with E-state index in [0.717, 1.165) is 22.5 Å². The first-order valence-corrected chi connectivity index (χ1v) is 8.53. The molecule has 0 saturated carbocycles. The Labute approximate surface area is 118 Å². The Bertz CT molecular complexity index is 664. The predicted octanol–water partition coefficient (Wildman–Crippen LogP) is 1.93. The Morgan fingerprint density at radius 1 is 1.26 bits per heavy atom. The van der Waals surface area contributed by atoms with Crippen LogP contribution in [0.3, 0.4) is 0 Å². The minimum Gasteiger partial charge on any atom is -0.345 e. The molecule has 0 aliphatic carbocycles. The van der Waals surface area contributed by atoms with Crippen LogP contribution in [-0.2, 0) is 16.4 Å². The van der Waals surface area contributed by atoms with Crippen LogP contribution in [-0.4, -0.2) is 38.1 Å². The molecule has 0 saturated heterocycles. The highest BCUT2D eigenvalue weighted by Crippen LogP contribution is 2.23. The Morgan fingerprint density at radius 2 is 2.05 bits per heavy atom. The van der Waals surface area contributed by atoms with E-state index in [4.69, 9.17) is 11.6 Å². The third-order valence-corrected chi connectivity index (χ3v) is 4.17. The van der Waals surface area contributed by atoms with Gasteiger partial charge in [0.05, 0.1) is 16.3 Å². The van der Waals surface area contributed by atoms with Crippen molar-refractivity contribution in [1.29, 1.82) is 0 Å². The summed E-state index contributed by atoms with van der Waals surface area (Å²) in [5, 5.41) is 4.97. The highest BCUT2D eigenvalue weighted by atomic mass is 35.5. The summed E-state index contributed by atoms with van der Waals surface area (Å²) in [6.45, 7) is 1.95. The summed E-state index contributed by atoms with van der Waals surface area (Å²) in [6, 6.07) is 7.85. The monoisotopic (exact) mass is 300 g/mol. The van der Waals surface area contributed by atoms with Crippen molar-refractivity contribution < 1.29 is 8.42 Å². The van der Waals surface area contributed by atoms with Crippen LogP contribution in [0.1, 0.15) is 0 Å². The zero-order valence-electron chi connectivity index (χ0n) is 10.8. The smallest absolute Gasteiger partial charge is 0.148 e. The van der Waals surface area contributed by atoms with Gasteiger partial charge in [0.25, 0.3) is 0 Å². The summed E-state index contributed by atoms with van der Waals surface area (Å²) in [4.78, 5) is 0. The molecular formula is C13H17ClN2O2S. The van der Waals surface area contributed by atoms with E-state index in [2.05, 4.69) is 9.88 Å². The number of sulfone groups is 1. The van der Waals surface area contributed by atoms with Crippen molar-refractivity contribution in [2.24, 2.45) is 0 Å². The molecule has 1 heterocycles. The summed E-state index contributed by atoms with van der Waals surface area (Å²) in [5.41, 5.74) is 1.02. The lowest BCUT2D eigenvalue weighted by Crippen LogP contribution is -2.25. The van der Waals surface area contributed by atoms with Crippen molar-refractivity contribution in [2.75, 3.05) is 25.1 Å². The minimum atomic E-state index is -2.89. The topological polar surface area (TPSA) is 51.1 Å². The molecule has 1 aromatic heterocycles. The van der Waals surface area contributed by atoms with Crippen molar-refractivity contribution in [2.45, 2.75) is 6.54 Å². The van der Waals surface area contributed by atoms with Crippen LogP contribution in [0.4, 0.5) is 0 Å². The van der Waals surface area contributed by atoms with Gasteiger partial charge in [-0.15, -0.1) is 0 Å². The summed E-state index contributed by atoms with van der Waals surface area (Å²) >= 11 is 6.18. The minimum absolute atomic E-state index is 0.167. The molecule has 0 radical (unpaired) electrons. The van der Waals surface area contributed by atoms with E-state index in [0.29, 0.717) is 13.1 Å². The molecule has 4 nitrogen and oxygen atoms in total. The fraction of sp³-hybridized carbons (Fsp3) is 0.385. The number of fused-ring (bicyclic) bond motifs is 1. The first-order valence-electron chi connectivity index (χ1n) is 6.09. The first kappa shape index (κ1) is 14.4. The molecule has 2 aromatic rings. The molecule has 0 aliphatic rings. The third-order valence-electron chi connectivity index (χ3n) is 2.92. The van der Waals surface area contributed by atoms with Gasteiger partial charge in [0.1, 0.15) is 9.84 Å². The first-order chi connectivity index (χ1) is 8.97. The molecule has 19 heavy (non-hydrogen) atoms. The van der Waals surface area contributed by atoms with Crippen LogP contribution in [0.5, 0.6) is 0 Å². The molecule has 6 heteroatoms. The maximum absolute atomic E-state index is 11.0. The summed E-state index contributed by atoms with van der Waals surface area (Å²) in [7, 11) is -2.89. The quantitative estimate of drug-likeness (QED) is 0.829. The molecule has 104 valence electrons. The van der Waals surface area contributed by atoms with Crippen molar-refractivity contribution >= 4 is 32.3 Å². The van der Waals surface area contributed by atoms with E-state index in [1.807, 2.05) is 30.5 Å². The maximum atomic E-state index is 11.0. The molecule has 1 N–H and O–H groups in total. The summed E-state index contributed by atoms with van der Waals surface area (Å²) in [6.07, 6.45) is 3.24. The van der Waals surface area contributed by atoms with Gasteiger partial charge in [-0.2, -0.15) is 0 Å². The molecule has 0 amide bonds. The zero-order valence-corrected chi connectivity index (χ0v) is 12.3. The SMILES string of the molecule is CS(=O)(=O)CCNCCn1ccc2cccc(Cl)c21. The Balaban J connectivity index is 1.92. The van der Waals surface area contributed by atoms with Gasteiger partial charge in [-0.25, -0.2) is 8.42 Å². The molecule has 1 aromatic carbocycles. The van der Waals surface area contributed by atoms with Crippen molar-refractivity contribution in [1.82, 2.24) is 9.88 Å². The lowest BCUT2D eigenvalue weighted by molar-refractivity contribution is 0.589. The lowest BCUT2D eigenvalue weighted by Gasteiger charge is -2.08. The average molecular weight is 301 g/mol. The number of halogens is 1. The number of hydrogen-bond donors (Lipinski definition) is 1. The van der Waals surface area contributed by atoms with E-state index in [-0.39, 0.29) is 5.75 Å². The number of rotatable bonds is 6. The van der Waals surface area contributed by atoms with Gasteiger partial charge in [0.15, 0.2) is 0 Å². The number of nitrogens with zero attached hydrogens (tertiary/aromatic N) is 1. The highest BCUT2D eigenvalue weighted by Gasteiger charge is 2.05. The number of para-hydroxylation sites is 1. The van der Waals surface area contributed by atoms with Gasteiger partial charge in [0, 0.05) is 37.5 Å². The number of hydrogen-bond acceptors (Lipinski definition) is 3. The molecule has 0 aliphatic heterocycles. The fourth-order valence-electron chi connectivity index (χ4n) is 1.98. The van der Waals surface area contributed by atoms with Gasteiger partial charge in [-0.05, 0) is 12.1 Å². The second-order valence-electron chi connectivity index (χ2n) is 4.57. The maximum Gasteiger partial charge on any atom is 0.148 e. The van der Waals surface area contributed by atoms with Crippen LogP contribution in [0.2, 0.25) is 5.02 Å². The second kappa shape index (κ2) is 5.94. The summed E-state index contributed by atoms with van der Waals surface area (Å²) in [5.74, 6) is 0.167. The van der Waals surface area contributed by atoms with E-state index in [1.54, 1.807) is 0 Å². The predicted molar refractivity (Wildman–Crippen MR) is 79.5 cm³/mol. The molecule has 0 spiro atoms. The molecule has 0 fully saturated rings. The molecule has 0 unspecified atom stereocenters. The molecule has 0 bridgehead atoms. The zero-order chi connectivity index (χ0) is 13.9. The van der Waals surface area contributed by atoms with E-state index in [9.17, 15) is 8.42 Å². The fourth-order valence-corrected chi connectivity index (χ4v) is 2.79. The Hall–Kier alpha value is -1.04. The number of benzene rings is 1. The Kier molecular flexibility index (Phi) is 4.50.